The second-order valence-corrected chi connectivity index (χ2v) is 10.3. The molecule has 0 radical (unpaired) electrons. The minimum absolute atomic E-state index is 0.372. The molecule has 2 nitrogen and oxygen atoms in total. The van der Waals surface area contributed by atoms with E-state index in [2.05, 4.69) is 0 Å². The SMILES string of the molecule is COCCCCCCCCCCCCCCCCCCCCCCCCCCCCCO. The van der Waals surface area contributed by atoms with E-state index in [1.807, 2.05) is 0 Å². The predicted octanol–water partition coefficient (Wildman–Crippen LogP) is 10.2. The average Bonchev–Trinajstić information content (AvgIpc) is 2.81. The van der Waals surface area contributed by atoms with E-state index in [4.69, 9.17) is 9.84 Å². The van der Waals surface area contributed by atoms with Crippen molar-refractivity contribution in [1.82, 2.24) is 0 Å². The van der Waals surface area contributed by atoms with Crippen LogP contribution in [0.25, 0.3) is 0 Å². The summed E-state index contributed by atoms with van der Waals surface area (Å²) in [7, 11) is 1.80. The molecule has 0 amide bonds. The topological polar surface area (TPSA) is 29.5 Å². The van der Waals surface area contributed by atoms with Crippen molar-refractivity contribution in [3.8, 4) is 0 Å². The zero-order chi connectivity index (χ0) is 23.2. The average molecular weight is 455 g/mol. The standard InChI is InChI=1S/C30H62O2/c1-32-30-28-26-24-22-20-18-16-14-12-10-8-6-4-2-3-5-7-9-11-13-15-17-19-21-23-25-27-29-31/h31H,2-30H2,1H3. The van der Waals surface area contributed by atoms with E-state index in [1.165, 1.54) is 167 Å². The summed E-state index contributed by atoms with van der Waals surface area (Å²) in [6.07, 6.45) is 38.0. The summed E-state index contributed by atoms with van der Waals surface area (Å²) < 4.78 is 5.10. The zero-order valence-electron chi connectivity index (χ0n) is 22.4. The molecule has 1 N–H and O–H groups in total. The number of ether oxygens (including phenoxy) is 1. The van der Waals surface area contributed by atoms with Gasteiger partial charge in [-0.15, -0.1) is 0 Å². The Labute approximate surface area is 203 Å². The molecule has 0 heterocycles. The Morgan fingerprint density at radius 3 is 0.688 bits per heavy atom. The summed E-state index contributed by atoms with van der Waals surface area (Å²) in [5.41, 5.74) is 0. The molecule has 0 bridgehead atoms. The molecule has 32 heavy (non-hydrogen) atoms. The highest BCUT2D eigenvalue weighted by atomic mass is 16.5. The first-order valence-corrected chi connectivity index (χ1v) is 15.0. The summed E-state index contributed by atoms with van der Waals surface area (Å²) in [6.45, 7) is 1.31. The van der Waals surface area contributed by atoms with Gasteiger partial charge in [-0.3, -0.25) is 0 Å². The smallest absolute Gasteiger partial charge is 0.0462 e. The lowest BCUT2D eigenvalue weighted by molar-refractivity contribution is 0.192. The predicted molar refractivity (Wildman–Crippen MR) is 144 cm³/mol. The lowest BCUT2D eigenvalue weighted by Crippen LogP contribution is -1.88. The van der Waals surface area contributed by atoms with Gasteiger partial charge < -0.3 is 9.84 Å². The first-order chi connectivity index (χ1) is 15.9. The number of aliphatic hydroxyl groups excluding tert-OH is 1. The van der Waals surface area contributed by atoms with Crippen LogP contribution in [0.2, 0.25) is 0 Å². The molecule has 0 rings (SSSR count). The Morgan fingerprint density at radius 1 is 0.312 bits per heavy atom. The molecule has 0 aromatic heterocycles. The van der Waals surface area contributed by atoms with Crippen molar-refractivity contribution in [2.45, 2.75) is 173 Å². The fraction of sp³-hybridized carbons (Fsp3) is 1.00. The third-order valence-electron chi connectivity index (χ3n) is 7.01. The van der Waals surface area contributed by atoms with Gasteiger partial charge in [-0.2, -0.15) is 0 Å². The molecule has 0 atom stereocenters. The molecule has 0 spiro atoms. The Hall–Kier alpha value is -0.0800. The Kier molecular flexibility index (Phi) is 30.8. The monoisotopic (exact) mass is 454 g/mol. The number of methoxy groups -OCH3 is 1. The van der Waals surface area contributed by atoms with Crippen molar-refractivity contribution in [3.05, 3.63) is 0 Å². The molecule has 194 valence electrons. The molecular weight excluding hydrogens is 392 g/mol. The van der Waals surface area contributed by atoms with Gasteiger partial charge in [0.1, 0.15) is 0 Å². The third kappa shape index (κ3) is 29.9. The maximum absolute atomic E-state index is 8.76. The molecule has 0 saturated heterocycles. The summed E-state index contributed by atoms with van der Waals surface area (Å²) in [5.74, 6) is 0. The lowest BCUT2D eigenvalue weighted by Gasteiger charge is -2.04. The van der Waals surface area contributed by atoms with Gasteiger partial charge in [-0.05, 0) is 12.8 Å². The van der Waals surface area contributed by atoms with Gasteiger partial charge in [0.2, 0.25) is 0 Å². The number of hydrogen-bond acceptors (Lipinski definition) is 2. The Morgan fingerprint density at radius 2 is 0.500 bits per heavy atom. The fourth-order valence-electron chi connectivity index (χ4n) is 4.78. The third-order valence-corrected chi connectivity index (χ3v) is 7.01. The van der Waals surface area contributed by atoms with E-state index < -0.39 is 0 Å². The van der Waals surface area contributed by atoms with Crippen LogP contribution in [0.15, 0.2) is 0 Å². The van der Waals surface area contributed by atoms with Crippen LogP contribution in [-0.4, -0.2) is 25.4 Å². The maximum Gasteiger partial charge on any atom is 0.0462 e. The highest BCUT2D eigenvalue weighted by molar-refractivity contribution is 4.52. The van der Waals surface area contributed by atoms with Crippen molar-refractivity contribution in [3.63, 3.8) is 0 Å². The molecule has 0 aliphatic heterocycles. The Bertz CT molecular complexity index is 275. The number of unbranched alkanes of at least 4 members (excludes halogenated alkanes) is 26. The minimum atomic E-state index is 0.372. The summed E-state index contributed by atoms with van der Waals surface area (Å²) >= 11 is 0. The van der Waals surface area contributed by atoms with Gasteiger partial charge in [0.15, 0.2) is 0 Å². The largest absolute Gasteiger partial charge is 0.396 e. The molecule has 0 aromatic carbocycles. The van der Waals surface area contributed by atoms with Gasteiger partial charge in [-0.1, -0.05) is 161 Å². The van der Waals surface area contributed by atoms with Crippen LogP contribution in [0.4, 0.5) is 0 Å². The van der Waals surface area contributed by atoms with Crippen LogP contribution >= 0.6 is 0 Å². The number of rotatable bonds is 29. The van der Waals surface area contributed by atoms with Crippen LogP contribution in [0.5, 0.6) is 0 Å². The molecular formula is C30H62O2. The molecule has 0 aliphatic rings. The molecule has 2 heteroatoms. The van der Waals surface area contributed by atoms with Gasteiger partial charge in [-0.25, -0.2) is 0 Å². The van der Waals surface area contributed by atoms with Gasteiger partial charge >= 0.3 is 0 Å². The van der Waals surface area contributed by atoms with E-state index in [-0.39, 0.29) is 0 Å². The summed E-state index contributed by atoms with van der Waals surface area (Å²) in [6, 6.07) is 0. The lowest BCUT2D eigenvalue weighted by atomic mass is 10.0. The molecule has 0 saturated carbocycles. The second kappa shape index (κ2) is 30.9. The van der Waals surface area contributed by atoms with Crippen LogP contribution in [-0.2, 0) is 4.74 Å². The first kappa shape index (κ1) is 31.9. The van der Waals surface area contributed by atoms with Crippen molar-refractivity contribution in [2.24, 2.45) is 0 Å². The van der Waals surface area contributed by atoms with E-state index in [9.17, 15) is 0 Å². The van der Waals surface area contributed by atoms with Crippen molar-refractivity contribution in [2.75, 3.05) is 20.3 Å². The molecule has 0 aromatic rings. The van der Waals surface area contributed by atoms with E-state index >= 15 is 0 Å². The van der Waals surface area contributed by atoms with Crippen LogP contribution in [0, 0.1) is 0 Å². The number of hydrogen-bond donors (Lipinski definition) is 1. The van der Waals surface area contributed by atoms with E-state index in [0.29, 0.717) is 6.61 Å². The van der Waals surface area contributed by atoms with Crippen molar-refractivity contribution < 1.29 is 9.84 Å². The maximum atomic E-state index is 8.76. The molecule has 0 aliphatic carbocycles. The summed E-state index contributed by atoms with van der Waals surface area (Å²) in [5, 5.41) is 8.76. The minimum Gasteiger partial charge on any atom is -0.396 e. The first-order valence-electron chi connectivity index (χ1n) is 15.0. The molecule has 0 unspecified atom stereocenters. The molecule has 0 fully saturated rings. The van der Waals surface area contributed by atoms with E-state index in [0.717, 1.165) is 13.0 Å². The van der Waals surface area contributed by atoms with E-state index in [1.54, 1.807) is 7.11 Å². The quantitative estimate of drug-likeness (QED) is 0.114. The highest BCUT2D eigenvalue weighted by Crippen LogP contribution is 2.16. The van der Waals surface area contributed by atoms with Gasteiger partial charge in [0, 0.05) is 20.3 Å². The summed E-state index contributed by atoms with van der Waals surface area (Å²) in [4.78, 5) is 0. The van der Waals surface area contributed by atoms with Gasteiger partial charge in [0.25, 0.3) is 0 Å². The second-order valence-electron chi connectivity index (χ2n) is 10.3. The highest BCUT2D eigenvalue weighted by Gasteiger charge is 1.96. The zero-order valence-corrected chi connectivity index (χ0v) is 22.4. The van der Waals surface area contributed by atoms with Crippen molar-refractivity contribution in [1.29, 1.82) is 0 Å². The van der Waals surface area contributed by atoms with Crippen molar-refractivity contribution >= 4 is 0 Å². The normalized spacial score (nSPS) is 11.4. The van der Waals surface area contributed by atoms with Crippen LogP contribution in [0.3, 0.4) is 0 Å². The fourth-order valence-corrected chi connectivity index (χ4v) is 4.78. The van der Waals surface area contributed by atoms with Crippen LogP contribution < -0.4 is 0 Å². The number of aliphatic hydroxyl groups is 1. The Balaban J connectivity index is 2.98. The van der Waals surface area contributed by atoms with Gasteiger partial charge in [0.05, 0.1) is 0 Å². The van der Waals surface area contributed by atoms with Crippen LogP contribution in [0.1, 0.15) is 173 Å².